The summed E-state index contributed by atoms with van der Waals surface area (Å²) < 4.78 is 10.6. The van der Waals surface area contributed by atoms with Crippen LogP contribution in [0.15, 0.2) is 48.5 Å². The predicted octanol–water partition coefficient (Wildman–Crippen LogP) is 0.0653. The molecule has 4 rings (SSSR count). The minimum absolute atomic E-state index is 0.00156. The van der Waals surface area contributed by atoms with E-state index in [2.05, 4.69) is 5.32 Å². The van der Waals surface area contributed by atoms with Gasteiger partial charge in [0.25, 0.3) is 17.7 Å². The number of morpholine rings is 2. The summed E-state index contributed by atoms with van der Waals surface area (Å²) in [6.45, 7) is 1.19. The zero-order valence-corrected chi connectivity index (χ0v) is 18.3. The lowest BCUT2D eigenvalue weighted by atomic mass is 10.1. The molecule has 0 aliphatic carbocycles. The number of hydrogen-bond donors (Lipinski definition) is 4. The Morgan fingerprint density at radius 3 is 2.44 bits per heavy atom. The van der Waals surface area contributed by atoms with Gasteiger partial charge in [-0.2, -0.15) is 0 Å². The van der Waals surface area contributed by atoms with Crippen LogP contribution in [0.2, 0.25) is 0 Å². The molecule has 11 heteroatoms. The van der Waals surface area contributed by atoms with Gasteiger partial charge in [0, 0.05) is 35.7 Å². The molecule has 2 aromatic carbocycles. The van der Waals surface area contributed by atoms with Crippen molar-refractivity contribution in [1.82, 2.24) is 0 Å². The Balaban J connectivity index is 1.46. The maximum atomic E-state index is 13.1. The molecule has 2 aliphatic heterocycles. The molecule has 2 saturated heterocycles. The number of aliphatic hydroxyl groups is 1. The summed E-state index contributed by atoms with van der Waals surface area (Å²) in [5, 5.41) is 20.5. The van der Waals surface area contributed by atoms with E-state index in [0.717, 1.165) is 0 Å². The summed E-state index contributed by atoms with van der Waals surface area (Å²) in [5.74, 6) is -1.64. The first-order valence-corrected chi connectivity index (χ1v) is 10.7. The van der Waals surface area contributed by atoms with Crippen LogP contribution >= 0.6 is 0 Å². The Bertz CT molecular complexity index is 1110. The smallest absolute Gasteiger partial charge is 0.259 e. The van der Waals surface area contributed by atoms with Crippen LogP contribution in [-0.4, -0.2) is 73.8 Å². The van der Waals surface area contributed by atoms with Crippen LogP contribution in [0.3, 0.4) is 0 Å². The van der Waals surface area contributed by atoms with E-state index >= 15 is 0 Å². The number of anilines is 3. The highest BCUT2D eigenvalue weighted by Crippen LogP contribution is 2.26. The number of amides is 3. The van der Waals surface area contributed by atoms with Crippen LogP contribution in [0.25, 0.3) is 0 Å². The lowest BCUT2D eigenvalue weighted by Crippen LogP contribution is -2.55. The number of nitrogens with zero attached hydrogens (tertiary/aromatic N) is 2. The molecule has 178 valence electrons. The minimum atomic E-state index is -1.74. The molecule has 3 amide bonds. The highest BCUT2D eigenvalue weighted by molar-refractivity contribution is 6.04. The molecule has 0 spiro atoms. The second-order valence-corrected chi connectivity index (χ2v) is 7.82. The molecule has 0 radical (unpaired) electrons. The molecular weight excluding hydrogens is 442 g/mol. The second kappa shape index (κ2) is 10.00. The largest absolute Gasteiger partial charge is 0.384 e. The average Bonchev–Trinajstić information content (AvgIpc) is 2.84. The molecule has 2 aromatic rings. The van der Waals surface area contributed by atoms with Gasteiger partial charge in [0.15, 0.2) is 12.2 Å². The number of nitrogens with two attached hydrogens (primary N) is 1. The van der Waals surface area contributed by atoms with E-state index in [1.807, 2.05) is 0 Å². The zero-order chi connectivity index (χ0) is 24.2. The average molecular weight is 467 g/mol. The molecule has 2 heterocycles. The molecule has 1 unspecified atom stereocenters. The van der Waals surface area contributed by atoms with Crippen molar-refractivity contribution in [2.24, 2.45) is 5.73 Å². The Kier molecular flexibility index (Phi) is 6.87. The molecule has 34 heavy (non-hydrogen) atoms. The first kappa shape index (κ1) is 23.4. The standard InChI is InChI=1S/C23H25N5O6/c24-21(25)14-4-6-15(7-5-14)26-22(31)19(30)20-23(32)28(9-11-34-20)17-3-1-2-16(12-17)27-8-10-33-13-18(27)29/h1-7,12,19-20,30H,8-11,13H2,(H3,24,25)(H,26,31)/t19-,20?/m1/s1. The molecular formula is C23H25N5O6. The van der Waals surface area contributed by atoms with Gasteiger partial charge in [-0.1, -0.05) is 6.07 Å². The molecule has 2 aliphatic rings. The molecule has 0 bridgehead atoms. The number of amidine groups is 1. The Hall–Kier alpha value is -3.80. The SMILES string of the molecule is N=C(N)c1ccc(NC(=O)[C@H](O)C2OCCN(c3cccc(N4CCOCC4=O)c3)C2=O)cc1. The minimum Gasteiger partial charge on any atom is -0.384 e. The van der Waals surface area contributed by atoms with Crippen molar-refractivity contribution in [3.05, 3.63) is 54.1 Å². The number of carbonyl (C=O) groups is 3. The van der Waals surface area contributed by atoms with Gasteiger partial charge in [-0.05, 0) is 42.5 Å². The number of ether oxygens (including phenoxy) is 2. The van der Waals surface area contributed by atoms with Gasteiger partial charge in [-0.3, -0.25) is 19.8 Å². The first-order chi connectivity index (χ1) is 16.3. The van der Waals surface area contributed by atoms with Crippen LogP contribution in [0.1, 0.15) is 5.56 Å². The number of aliphatic hydroxyl groups excluding tert-OH is 1. The summed E-state index contributed by atoms with van der Waals surface area (Å²) in [6, 6.07) is 13.1. The van der Waals surface area contributed by atoms with Crippen molar-refractivity contribution in [3.63, 3.8) is 0 Å². The van der Waals surface area contributed by atoms with Crippen molar-refractivity contribution in [2.45, 2.75) is 12.2 Å². The van der Waals surface area contributed by atoms with Crippen LogP contribution in [0.5, 0.6) is 0 Å². The third-order valence-corrected chi connectivity index (χ3v) is 5.58. The van der Waals surface area contributed by atoms with E-state index in [9.17, 15) is 19.5 Å². The molecule has 2 fully saturated rings. The number of nitrogen functional groups attached to an aromatic ring is 1. The third-order valence-electron chi connectivity index (χ3n) is 5.58. The highest BCUT2D eigenvalue weighted by atomic mass is 16.5. The normalized spacial score (nSPS) is 19.6. The van der Waals surface area contributed by atoms with Crippen molar-refractivity contribution in [1.29, 1.82) is 5.41 Å². The summed E-state index contributed by atoms with van der Waals surface area (Å²) >= 11 is 0. The number of nitrogens with one attached hydrogen (secondary N) is 2. The van der Waals surface area contributed by atoms with E-state index in [1.165, 1.54) is 17.0 Å². The number of rotatable bonds is 6. The number of hydrogen-bond acceptors (Lipinski definition) is 7. The predicted molar refractivity (Wildman–Crippen MR) is 124 cm³/mol. The topological polar surface area (TPSA) is 158 Å². The van der Waals surface area contributed by atoms with Crippen molar-refractivity contribution in [2.75, 3.05) is 48.0 Å². The summed E-state index contributed by atoms with van der Waals surface area (Å²) in [4.78, 5) is 40.9. The fourth-order valence-electron chi connectivity index (χ4n) is 3.80. The maximum absolute atomic E-state index is 13.1. The fraction of sp³-hybridized carbons (Fsp3) is 0.304. The van der Waals surface area contributed by atoms with Gasteiger partial charge in [-0.25, -0.2) is 0 Å². The maximum Gasteiger partial charge on any atom is 0.259 e. The molecule has 2 atom stereocenters. The summed E-state index contributed by atoms with van der Waals surface area (Å²) in [7, 11) is 0. The zero-order valence-electron chi connectivity index (χ0n) is 18.3. The monoisotopic (exact) mass is 467 g/mol. The Morgan fingerprint density at radius 2 is 1.76 bits per heavy atom. The number of benzene rings is 2. The van der Waals surface area contributed by atoms with Crippen LogP contribution in [0.4, 0.5) is 17.1 Å². The molecule has 0 aromatic heterocycles. The lowest BCUT2D eigenvalue weighted by molar-refractivity contribution is -0.150. The Morgan fingerprint density at radius 1 is 1.09 bits per heavy atom. The lowest BCUT2D eigenvalue weighted by Gasteiger charge is -2.35. The van der Waals surface area contributed by atoms with Gasteiger partial charge in [0.2, 0.25) is 0 Å². The van der Waals surface area contributed by atoms with Gasteiger partial charge < -0.3 is 35.4 Å². The quantitative estimate of drug-likeness (QED) is 0.346. The molecule has 5 N–H and O–H groups in total. The van der Waals surface area contributed by atoms with E-state index in [1.54, 1.807) is 41.3 Å². The van der Waals surface area contributed by atoms with Crippen LogP contribution < -0.4 is 20.9 Å². The fourth-order valence-corrected chi connectivity index (χ4v) is 3.80. The highest BCUT2D eigenvalue weighted by Gasteiger charge is 2.39. The first-order valence-electron chi connectivity index (χ1n) is 10.7. The number of carbonyl (C=O) groups excluding carboxylic acids is 3. The van der Waals surface area contributed by atoms with E-state index in [0.29, 0.717) is 35.8 Å². The molecule has 11 nitrogen and oxygen atoms in total. The van der Waals surface area contributed by atoms with Gasteiger partial charge in [0.05, 0.1) is 13.2 Å². The second-order valence-electron chi connectivity index (χ2n) is 7.82. The van der Waals surface area contributed by atoms with Gasteiger partial charge >= 0.3 is 0 Å². The van der Waals surface area contributed by atoms with Crippen molar-refractivity contribution >= 4 is 40.6 Å². The molecule has 0 saturated carbocycles. The van der Waals surface area contributed by atoms with Crippen molar-refractivity contribution < 1.29 is 29.0 Å². The van der Waals surface area contributed by atoms with E-state index in [4.69, 9.17) is 20.6 Å². The van der Waals surface area contributed by atoms with Gasteiger partial charge in [0.1, 0.15) is 12.4 Å². The van der Waals surface area contributed by atoms with Crippen molar-refractivity contribution in [3.8, 4) is 0 Å². The van der Waals surface area contributed by atoms with E-state index in [-0.39, 0.29) is 31.5 Å². The van der Waals surface area contributed by atoms with Crippen LogP contribution in [-0.2, 0) is 23.9 Å². The third kappa shape index (κ3) is 4.91. The summed E-state index contributed by atoms with van der Waals surface area (Å²) in [5.41, 5.74) is 7.44. The Labute approximate surface area is 195 Å². The van der Waals surface area contributed by atoms with E-state index < -0.39 is 24.0 Å². The summed E-state index contributed by atoms with van der Waals surface area (Å²) in [6.07, 6.45) is -3.13. The van der Waals surface area contributed by atoms with Gasteiger partial charge in [-0.15, -0.1) is 0 Å². The van der Waals surface area contributed by atoms with Crippen LogP contribution in [0, 0.1) is 5.41 Å².